The number of thiazole rings is 1. The predicted molar refractivity (Wildman–Crippen MR) is 61.5 cm³/mol. The van der Waals surface area contributed by atoms with Gasteiger partial charge in [0.05, 0.1) is 11.1 Å². The fourth-order valence-electron chi connectivity index (χ4n) is 1.14. The van der Waals surface area contributed by atoms with Crippen LogP contribution in [0.5, 0.6) is 0 Å². The molecule has 1 aromatic carbocycles. The first-order valence-electron chi connectivity index (χ1n) is 4.49. The standard InChI is InChI=1S/C12H7NO2S/c14-12(15)10-3-1-2-9(6-10)4-5-11-7-16-8-13-11/h1-3,6-8H,(H,14,15). The van der Waals surface area contributed by atoms with Crippen LogP contribution in [0, 0.1) is 11.8 Å². The van der Waals surface area contributed by atoms with Crippen molar-refractivity contribution >= 4 is 17.3 Å². The first kappa shape index (κ1) is 10.4. The van der Waals surface area contributed by atoms with Gasteiger partial charge in [-0.3, -0.25) is 0 Å². The van der Waals surface area contributed by atoms with Crippen LogP contribution in [0.2, 0.25) is 0 Å². The Morgan fingerprint density at radius 3 is 2.94 bits per heavy atom. The molecule has 2 aromatic rings. The molecular weight excluding hydrogens is 222 g/mol. The molecule has 0 fully saturated rings. The molecule has 1 heterocycles. The van der Waals surface area contributed by atoms with Crippen LogP contribution in [0.4, 0.5) is 0 Å². The quantitative estimate of drug-likeness (QED) is 0.763. The zero-order chi connectivity index (χ0) is 11.4. The molecule has 0 saturated heterocycles. The Labute approximate surface area is 96.4 Å². The third-order valence-corrected chi connectivity index (χ3v) is 2.46. The van der Waals surface area contributed by atoms with Gasteiger partial charge in [-0.05, 0) is 24.1 Å². The molecule has 0 amide bonds. The smallest absolute Gasteiger partial charge is 0.335 e. The molecule has 16 heavy (non-hydrogen) atoms. The molecule has 0 unspecified atom stereocenters. The molecule has 0 radical (unpaired) electrons. The van der Waals surface area contributed by atoms with Crippen molar-refractivity contribution < 1.29 is 9.90 Å². The summed E-state index contributed by atoms with van der Waals surface area (Å²) in [6.45, 7) is 0. The number of aromatic carboxylic acids is 1. The highest BCUT2D eigenvalue weighted by Crippen LogP contribution is 2.05. The van der Waals surface area contributed by atoms with Gasteiger partial charge in [-0.15, -0.1) is 11.3 Å². The van der Waals surface area contributed by atoms with Crippen molar-refractivity contribution in [1.82, 2.24) is 4.98 Å². The molecule has 0 aliphatic rings. The molecule has 1 N–H and O–H groups in total. The van der Waals surface area contributed by atoms with Crippen LogP contribution in [0.25, 0.3) is 0 Å². The molecule has 3 nitrogen and oxygen atoms in total. The van der Waals surface area contributed by atoms with Crippen LogP contribution in [-0.2, 0) is 0 Å². The van der Waals surface area contributed by atoms with Crippen LogP contribution < -0.4 is 0 Å². The predicted octanol–water partition coefficient (Wildman–Crippen LogP) is 2.24. The fourth-order valence-corrected chi connectivity index (χ4v) is 1.62. The molecule has 0 bridgehead atoms. The van der Waals surface area contributed by atoms with Crippen LogP contribution in [0.3, 0.4) is 0 Å². The Morgan fingerprint density at radius 2 is 2.25 bits per heavy atom. The van der Waals surface area contributed by atoms with E-state index in [0.29, 0.717) is 11.3 Å². The number of nitrogens with zero attached hydrogens (tertiary/aromatic N) is 1. The first-order chi connectivity index (χ1) is 7.75. The maximum absolute atomic E-state index is 10.7. The van der Waals surface area contributed by atoms with Gasteiger partial charge in [0.25, 0.3) is 0 Å². The highest BCUT2D eigenvalue weighted by atomic mass is 32.1. The van der Waals surface area contributed by atoms with E-state index in [9.17, 15) is 4.79 Å². The van der Waals surface area contributed by atoms with E-state index in [1.54, 1.807) is 23.7 Å². The normalized spacial score (nSPS) is 9.25. The van der Waals surface area contributed by atoms with Gasteiger partial charge < -0.3 is 5.11 Å². The van der Waals surface area contributed by atoms with E-state index in [1.807, 2.05) is 5.38 Å². The van der Waals surface area contributed by atoms with Gasteiger partial charge in [0, 0.05) is 10.9 Å². The Hall–Kier alpha value is -2.12. The molecule has 2 rings (SSSR count). The van der Waals surface area contributed by atoms with E-state index < -0.39 is 5.97 Å². The van der Waals surface area contributed by atoms with E-state index in [0.717, 1.165) is 0 Å². The third-order valence-electron chi connectivity index (χ3n) is 1.88. The zero-order valence-corrected chi connectivity index (χ0v) is 8.99. The Bertz CT molecular complexity index is 564. The molecule has 0 saturated carbocycles. The van der Waals surface area contributed by atoms with Crippen molar-refractivity contribution in [1.29, 1.82) is 0 Å². The lowest BCUT2D eigenvalue weighted by Crippen LogP contribution is -1.95. The summed E-state index contributed by atoms with van der Waals surface area (Å²) in [5, 5.41) is 10.6. The Kier molecular flexibility index (Phi) is 2.99. The van der Waals surface area contributed by atoms with E-state index in [-0.39, 0.29) is 5.56 Å². The lowest BCUT2D eigenvalue weighted by molar-refractivity contribution is 0.0697. The molecule has 1 aromatic heterocycles. The van der Waals surface area contributed by atoms with Crippen molar-refractivity contribution in [2.45, 2.75) is 0 Å². The molecule has 0 spiro atoms. The average molecular weight is 229 g/mol. The maximum Gasteiger partial charge on any atom is 0.335 e. The number of carboxylic acids is 1. The Morgan fingerprint density at radius 1 is 1.38 bits per heavy atom. The number of hydrogen-bond acceptors (Lipinski definition) is 3. The van der Waals surface area contributed by atoms with Crippen molar-refractivity contribution in [3.63, 3.8) is 0 Å². The third kappa shape index (κ3) is 2.47. The van der Waals surface area contributed by atoms with Crippen LogP contribution in [-0.4, -0.2) is 16.1 Å². The Balaban J connectivity index is 2.28. The molecule has 0 aliphatic carbocycles. The van der Waals surface area contributed by atoms with Gasteiger partial charge >= 0.3 is 5.97 Å². The summed E-state index contributed by atoms with van der Waals surface area (Å²) in [4.78, 5) is 14.7. The minimum Gasteiger partial charge on any atom is -0.478 e. The van der Waals surface area contributed by atoms with Crippen molar-refractivity contribution in [3.05, 3.63) is 52.0 Å². The lowest BCUT2D eigenvalue weighted by Gasteiger charge is -1.93. The zero-order valence-electron chi connectivity index (χ0n) is 8.18. The van der Waals surface area contributed by atoms with E-state index >= 15 is 0 Å². The second-order valence-electron chi connectivity index (χ2n) is 3.01. The molecule has 0 aliphatic heterocycles. The minimum absolute atomic E-state index is 0.241. The second kappa shape index (κ2) is 4.60. The number of carbonyl (C=O) groups is 1. The summed E-state index contributed by atoms with van der Waals surface area (Å²) < 4.78 is 0. The highest BCUT2D eigenvalue weighted by Gasteiger charge is 2.01. The molecular formula is C12H7NO2S. The van der Waals surface area contributed by atoms with Crippen molar-refractivity contribution in [3.8, 4) is 11.8 Å². The minimum atomic E-state index is -0.947. The number of aromatic nitrogens is 1. The molecule has 4 heteroatoms. The number of carboxylic acid groups (broad SMARTS) is 1. The number of hydrogen-bond donors (Lipinski definition) is 1. The topological polar surface area (TPSA) is 50.2 Å². The van der Waals surface area contributed by atoms with Gasteiger partial charge in [0.1, 0.15) is 5.69 Å². The second-order valence-corrected chi connectivity index (χ2v) is 3.73. The van der Waals surface area contributed by atoms with E-state index in [4.69, 9.17) is 5.11 Å². The van der Waals surface area contributed by atoms with Crippen molar-refractivity contribution in [2.75, 3.05) is 0 Å². The van der Waals surface area contributed by atoms with Gasteiger partial charge in [-0.1, -0.05) is 12.0 Å². The van der Waals surface area contributed by atoms with Gasteiger partial charge in [-0.25, -0.2) is 9.78 Å². The summed E-state index contributed by atoms with van der Waals surface area (Å²) in [5.41, 5.74) is 3.32. The van der Waals surface area contributed by atoms with Crippen LogP contribution in [0.1, 0.15) is 21.6 Å². The number of rotatable bonds is 1. The van der Waals surface area contributed by atoms with Gasteiger partial charge in [0.15, 0.2) is 0 Å². The van der Waals surface area contributed by atoms with Gasteiger partial charge in [0.2, 0.25) is 0 Å². The number of benzene rings is 1. The highest BCUT2D eigenvalue weighted by molar-refractivity contribution is 7.07. The lowest BCUT2D eigenvalue weighted by atomic mass is 10.1. The van der Waals surface area contributed by atoms with Crippen LogP contribution in [0.15, 0.2) is 35.2 Å². The van der Waals surface area contributed by atoms with E-state index in [1.165, 1.54) is 17.4 Å². The summed E-state index contributed by atoms with van der Waals surface area (Å²) in [5.74, 6) is 4.79. The fraction of sp³-hybridized carbons (Fsp3) is 0. The average Bonchev–Trinajstić information content (AvgIpc) is 2.79. The monoisotopic (exact) mass is 229 g/mol. The largest absolute Gasteiger partial charge is 0.478 e. The first-order valence-corrected chi connectivity index (χ1v) is 5.43. The summed E-state index contributed by atoms with van der Waals surface area (Å²) in [7, 11) is 0. The van der Waals surface area contributed by atoms with Gasteiger partial charge in [-0.2, -0.15) is 0 Å². The van der Waals surface area contributed by atoms with Crippen LogP contribution >= 0.6 is 11.3 Å². The summed E-state index contributed by atoms with van der Waals surface area (Å²) >= 11 is 1.48. The summed E-state index contributed by atoms with van der Waals surface area (Å²) in [6.07, 6.45) is 0. The van der Waals surface area contributed by atoms with Crippen molar-refractivity contribution in [2.24, 2.45) is 0 Å². The SMILES string of the molecule is O=C(O)c1cccc(C#Cc2cscn2)c1. The molecule has 78 valence electrons. The maximum atomic E-state index is 10.7. The molecule has 0 atom stereocenters. The summed E-state index contributed by atoms with van der Waals surface area (Å²) in [6, 6.07) is 6.53. The van der Waals surface area contributed by atoms with E-state index in [2.05, 4.69) is 16.8 Å².